The van der Waals surface area contributed by atoms with Crippen molar-refractivity contribution >= 4 is 5.78 Å². The van der Waals surface area contributed by atoms with Gasteiger partial charge in [-0.2, -0.15) is 0 Å². The van der Waals surface area contributed by atoms with Crippen LogP contribution in [0.3, 0.4) is 0 Å². The zero-order valence-corrected chi connectivity index (χ0v) is 11.5. The number of carbonyl (C=O) groups excluding carboxylic acids is 1. The number of hydrogen-bond donors (Lipinski definition) is 0. The molecular formula is C11H11NaO4. The van der Waals surface area contributed by atoms with Crippen molar-refractivity contribution in [1.29, 1.82) is 0 Å². The van der Waals surface area contributed by atoms with Gasteiger partial charge < -0.3 is 14.6 Å². The molecule has 0 saturated heterocycles. The molecule has 0 fully saturated rings. The first-order valence-electron chi connectivity index (χ1n) is 4.28. The molecule has 0 heterocycles. The maximum absolute atomic E-state index is 11.4. The Bertz CT molecular complexity index is 370. The minimum absolute atomic E-state index is 0. The molecule has 0 bridgehead atoms. The van der Waals surface area contributed by atoms with E-state index in [0.29, 0.717) is 11.3 Å². The van der Waals surface area contributed by atoms with Crippen molar-refractivity contribution in [2.75, 3.05) is 14.2 Å². The number of hydrogen-bond acceptors (Lipinski definition) is 4. The van der Waals surface area contributed by atoms with E-state index in [1.165, 1.54) is 14.2 Å². The van der Waals surface area contributed by atoms with Gasteiger partial charge >= 0.3 is 29.6 Å². The zero-order valence-electron chi connectivity index (χ0n) is 9.52. The van der Waals surface area contributed by atoms with Gasteiger partial charge in [0.25, 0.3) is 0 Å². The molecule has 80 valence electrons. The van der Waals surface area contributed by atoms with Crippen LogP contribution in [0.4, 0.5) is 0 Å². The first-order valence-corrected chi connectivity index (χ1v) is 4.28. The summed E-state index contributed by atoms with van der Waals surface area (Å²) in [6, 6.07) is 6.47. The predicted molar refractivity (Wildman–Crippen MR) is 52.4 cm³/mol. The summed E-state index contributed by atoms with van der Waals surface area (Å²) in [6.07, 6.45) is 0.905. The summed E-state index contributed by atoms with van der Waals surface area (Å²) in [6.45, 7) is 0. The Balaban J connectivity index is 0.00000225. The van der Waals surface area contributed by atoms with E-state index in [-0.39, 0.29) is 35.3 Å². The van der Waals surface area contributed by atoms with Crippen molar-refractivity contribution in [2.45, 2.75) is 0 Å². The zero-order chi connectivity index (χ0) is 11.3. The first kappa shape index (κ1) is 15.0. The van der Waals surface area contributed by atoms with E-state index in [2.05, 4.69) is 4.74 Å². The fourth-order valence-corrected chi connectivity index (χ4v) is 1.00. The summed E-state index contributed by atoms with van der Waals surface area (Å²) in [4.78, 5) is 11.4. The van der Waals surface area contributed by atoms with Crippen molar-refractivity contribution in [3.63, 3.8) is 0 Å². The number of ketones is 1. The maximum atomic E-state index is 11.4. The van der Waals surface area contributed by atoms with Crippen LogP contribution >= 0.6 is 0 Å². The van der Waals surface area contributed by atoms with Crippen LogP contribution in [0, 0.1) is 0 Å². The number of carbonyl (C=O) groups is 1. The van der Waals surface area contributed by atoms with Gasteiger partial charge in [-0.15, -0.1) is 0 Å². The van der Waals surface area contributed by atoms with Gasteiger partial charge in [0.2, 0.25) is 0 Å². The van der Waals surface area contributed by atoms with Crippen LogP contribution in [0.15, 0.2) is 36.3 Å². The molecule has 16 heavy (non-hydrogen) atoms. The monoisotopic (exact) mass is 230 g/mol. The molecule has 1 aromatic carbocycles. The fourth-order valence-electron chi connectivity index (χ4n) is 1.00. The van der Waals surface area contributed by atoms with Gasteiger partial charge in [0.15, 0.2) is 5.78 Å². The second-order valence-corrected chi connectivity index (χ2v) is 2.76. The first-order chi connectivity index (χ1) is 7.17. The molecule has 0 spiro atoms. The van der Waals surface area contributed by atoms with Crippen LogP contribution in [0.1, 0.15) is 10.4 Å². The Kier molecular flexibility index (Phi) is 6.88. The van der Waals surface area contributed by atoms with Gasteiger partial charge in [-0.05, 0) is 31.4 Å². The molecule has 5 heteroatoms. The normalized spacial score (nSPS) is 10.2. The molecule has 0 radical (unpaired) electrons. The smallest absolute Gasteiger partial charge is 0.616 e. The Labute approximate surface area is 116 Å². The van der Waals surface area contributed by atoms with Crippen molar-refractivity contribution in [1.82, 2.24) is 0 Å². The van der Waals surface area contributed by atoms with E-state index in [1.54, 1.807) is 24.3 Å². The van der Waals surface area contributed by atoms with Crippen LogP contribution in [-0.4, -0.2) is 20.0 Å². The van der Waals surface area contributed by atoms with Crippen molar-refractivity contribution < 1.29 is 48.9 Å². The number of rotatable bonds is 4. The van der Waals surface area contributed by atoms with Crippen LogP contribution in [0.2, 0.25) is 0 Å². The molecule has 0 saturated carbocycles. The number of allylic oxidation sites excluding steroid dienone is 1. The summed E-state index contributed by atoms with van der Waals surface area (Å²) in [5.74, 6) is -0.384. The average Bonchev–Trinajstić information content (AvgIpc) is 2.29. The Morgan fingerprint density at radius 3 is 2.25 bits per heavy atom. The molecule has 0 atom stereocenters. The van der Waals surface area contributed by atoms with Gasteiger partial charge in [0.1, 0.15) is 5.75 Å². The maximum Gasteiger partial charge on any atom is 1.00 e. The van der Waals surface area contributed by atoms with Gasteiger partial charge in [-0.25, -0.2) is 0 Å². The molecule has 0 unspecified atom stereocenters. The Morgan fingerprint density at radius 2 is 1.81 bits per heavy atom. The summed E-state index contributed by atoms with van der Waals surface area (Å²) in [5, 5.41) is 10.8. The Morgan fingerprint density at radius 1 is 1.25 bits per heavy atom. The molecule has 0 aliphatic rings. The topological polar surface area (TPSA) is 58.6 Å². The number of benzene rings is 1. The summed E-state index contributed by atoms with van der Waals surface area (Å²) in [5.41, 5.74) is 0.418. The summed E-state index contributed by atoms with van der Waals surface area (Å²) < 4.78 is 9.29. The number of methoxy groups -OCH3 is 2. The summed E-state index contributed by atoms with van der Waals surface area (Å²) >= 11 is 0. The van der Waals surface area contributed by atoms with Crippen molar-refractivity contribution in [2.24, 2.45) is 0 Å². The minimum atomic E-state index is -0.657. The second kappa shape index (κ2) is 7.33. The fraction of sp³-hybridized carbons (Fsp3) is 0.182. The van der Waals surface area contributed by atoms with Gasteiger partial charge in [-0.3, -0.25) is 4.79 Å². The van der Waals surface area contributed by atoms with E-state index in [1.807, 2.05) is 0 Å². The molecule has 0 N–H and O–H groups in total. The van der Waals surface area contributed by atoms with Gasteiger partial charge in [-0.1, -0.05) is 0 Å². The predicted octanol–water partition coefficient (Wildman–Crippen LogP) is -2.27. The second-order valence-electron chi connectivity index (χ2n) is 2.76. The summed E-state index contributed by atoms with van der Waals surface area (Å²) in [7, 11) is 2.76. The SMILES string of the molecule is COC([O-])=CC(=O)c1ccc(OC)cc1.[Na+]. The van der Waals surface area contributed by atoms with E-state index in [4.69, 9.17) is 4.74 Å². The largest absolute Gasteiger partial charge is 1.00 e. The van der Waals surface area contributed by atoms with Crippen LogP contribution in [0.25, 0.3) is 0 Å². The van der Waals surface area contributed by atoms with Crippen LogP contribution in [-0.2, 0) is 4.74 Å². The quantitative estimate of drug-likeness (QED) is 0.253. The van der Waals surface area contributed by atoms with Crippen molar-refractivity contribution in [3.8, 4) is 5.75 Å². The molecule has 0 aliphatic carbocycles. The molecular weight excluding hydrogens is 219 g/mol. The van der Waals surface area contributed by atoms with Crippen LogP contribution < -0.4 is 39.4 Å². The molecule has 1 aromatic rings. The molecule has 0 aromatic heterocycles. The van der Waals surface area contributed by atoms with E-state index >= 15 is 0 Å². The molecule has 4 nitrogen and oxygen atoms in total. The molecule has 0 amide bonds. The third-order valence-corrected chi connectivity index (χ3v) is 1.82. The molecule has 1 rings (SSSR count). The van der Waals surface area contributed by atoms with Crippen molar-refractivity contribution in [3.05, 3.63) is 41.9 Å². The number of ether oxygens (including phenoxy) is 2. The average molecular weight is 230 g/mol. The minimum Gasteiger partial charge on any atom is -0.616 e. The molecule has 0 aliphatic heterocycles. The van der Waals surface area contributed by atoms with E-state index in [0.717, 1.165) is 6.08 Å². The standard InChI is InChI=1S/C11H12O4.Na/c1-14-9-5-3-8(4-6-9)10(12)7-11(13)15-2;/h3-7,13H,1-2H3;/q;+1/p-1. The van der Waals surface area contributed by atoms with E-state index < -0.39 is 5.95 Å². The van der Waals surface area contributed by atoms with Gasteiger partial charge in [0.05, 0.1) is 13.1 Å². The van der Waals surface area contributed by atoms with Gasteiger partial charge in [0, 0.05) is 11.6 Å². The van der Waals surface area contributed by atoms with E-state index in [9.17, 15) is 9.90 Å². The Hall–Kier alpha value is -0.970. The third kappa shape index (κ3) is 4.26. The third-order valence-electron chi connectivity index (χ3n) is 1.82. The van der Waals surface area contributed by atoms with Crippen LogP contribution in [0.5, 0.6) is 5.75 Å².